The Hall–Kier alpha value is -0.860. The van der Waals surface area contributed by atoms with Gasteiger partial charge in [-0.3, -0.25) is 0 Å². The van der Waals surface area contributed by atoms with E-state index in [1.807, 2.05) is 19.1 Å². The molecule has 0 bridgehead atoms. The lowest BCUT2D eigenvalue weighted by atomic mass is 9.94. The Labute approximate surface area is 105 Å². The van der Waals surface area contributed by atoms with Crippen molar-refractivity contribution >= 4 is 0 Å². The highest BCUT2D eigenvalue weighted by molar-refractivity contribution is 5.25. The predicted octanol–water partition coefficient (Wildman–Crippen LogP) is 3.20. The summed E-state index contributed by atoms with van der Waals surface area (Å²) >= 11 is 0. The highest BCUT2D eigenvalue weighted by Crippen LogP contribution is 2.23. The predicted molar refractivity (Wildman–Crippen MR) is 71.0 cm³/mol. The van der Waals surface area contributed by atoms with Crippen LogP contribution in [0.1, 0.15) is 38.0 Å². The maximum absolute atomic E-state index is 10.2. The molecule has 1 aromatic rings. The van der Waals surface area contributed by atoms with E-state index in [4.69, 9.17) is 4.74 Å². The van der Waals surface area contributed by atoms with Crippen molar-refractivity contribution in [2.45, 2.75) is 33.3 Å². The molecule has 0 aliphatic rings. The summed E-state index contributed by atoms with van der Waals surface area (Å²) in [5.41, 5.74) is 2.29. The molecule has 0 aromatic heterocycles. The van der Waals surface area contributed by atoms with E-state index in [2.05, 4.69) is 26.0 Å². The molecule has 0 aliphatic heterocycles. The van der Waals surface area contributed by atoms with Crippen LogP contribution in [0.3, 0.4) is 0 Å². The zero-order valence-corrected chi connectivity index (χ0v) is 11.3. The number of hydrogen-bond acceptors (Lipinski definition) is 2. The summed E-state index contributed by atoms with van der Waals surface area (Å²) in [6, 6.07) is 8.24. The number of ether oxygens (including phenoxy) is 1. The zero-order chi connectivity index (χ0) is 12.8. The highest BCUT2D eigenvalue weighted by atomic mass is 16.5. The highest BCUT2D eigenvalue weighted by Gasteiger charge is 2.16. The van der Waals surface area contributed by atoms with Crippen LogP contribution in [-0.4, -0.2) is 18.8 Å². The van der Waals surface area contributed by atoms with Crippen molar-refractivity contribution in [3.63, 3.8) is 0 Å². The smallest absolute Gasteiger partial charge is 0.0837 e. The molecular formula is C15H24O2. The van der Waals surface area contributed by atoms with E-state index in [0.29, 0.717) is 12.5 Å². The van der Waals surface area contributed by atoms with E-state index in [9.17, 15) is 5.11 Å². The molecule has 0 saturated carbocycles. The normalized spacial score (nSPS) is 14.9. The van der Waals surface area contributed by atoms with Gasteiger partial charge in [0.25, 0.3) is 0 Å². The third-order valence-electron chi connectivity index (χ3n) is 2.91. The topological polar surface area (TPSA) is 29.5 Å². The molecule has 0 radical (unpaired) electrons. The van der Waals surface area contributed by atoms with Crippen molar-refractivity contribution in [2.24, 2.45) is 11.8 Å². The van der Waals surface area contributed by atoms with Crippen LogP contribution in [0.4, 0.5) is 0 Å². The van der Waals surface area contributed by atoms with E-state index in [1.165, 1.54) is 5.56 Å². The second-order valence-corrected chi connectivity index (χ2v) is 5.22. The first-order chi connectivity index (χ1) is 8.04. The van der Waals surface area contributed by atoms with Gasteiger partial charge in [-0.15, -0.1) is 0 Å². The van der Waals surface area contributed by atoms with Gasteiger partial charge in [0.15, 0.2) is 0 Å². The largest absolute Gasteiger partial charge is 0.388 e. The minimum atomic E-state index is -0.443. The van der Waals surface area contributed by atoms with Crippen molar-refractivity contribution in [2.75, 3.05) is 13.7 Å². The average Bonchev–Trinajstić information content (AvgIpc) is 2.28. The van der Waals surface area contributed by atoms with Gasteiger partial charge in [0.2, 0.25) is 0 Å². The molecule has 2 atom stereocenters. The van der Waals surface area contributed by atoms with Crippen LogP contribution in [0.25, 0.3) is 0 Å². The molecule has 1 N–H and O–H groups in total. The van der Waals surface area contributed by atoms with Gasteiger partial charge in [-0.25, -0.2) is 0 Å². The molecule has 96 valence electrons. The molecule has 0 aliphatic carbocycles. The molecule has 1 rings (SSSR count). The van der Waals surface area contributed by atoms with Gasteiger partial charge < -0.3 is 9.84 Å². The first kappa shape index (κ1) is 14.2. The van der Waals surface area contributed by atoms with Crippen LogP contribution in [0.2, 0.25) is 0 Å². The van der Waals surface area contributed by atoms with Crippen LogP contribution in [-0.2, 0) is 11.2 Å². The second kappa shape index (κ2) is 6.77. The van der Waals surface area contributed by atoms with Crippen molar-refractivity contribution in [1.82, 2.24) is 0 Å². The number of rotatable bonds is 6. The SMILES string of the molecule is COCC(C)C(O)c1cccc(CC(C)C)c1. The molecule has 2 heteroatoms. The molecule has 0 heterocycles. The molecule has 0 saturated heterocycles. The molecule has 2 unspecified atom stereocenters. The van der Waals surface area contributed by atoms with E-state index in [1.54, 1.807) is 7.11 Å². The van der Waals surface area contributed by atoms with Gasteiger partial charge in [-0.1, -0.05) is 45.0 Å². The Morgan fingerprint density at radius 2 is 1.94 bits per heavy atom. The summed E-state index contributed by atoms with van der Waals surface area (Å²) in [4.78, 5) is 0. The molecule has 17 heavy (non-hydrogen) atoms. The van der Waals surface area contributed by atoms with E-state index >= 15 is 0 Å². The van der Waals surface area contributed by atoms with Crippen LogP contribution < -0.4 is 0 Å². The summed E-state index contributed by atoms with van der Waals surface area (Å²) < 4.78 is 5.08. The molecular weight excluding hydrogens is 212 g/mol. The molecule has 0 amide bonds. The lowest BCUT2D eigenvalue weighted by Crippen LogP contribution is -2.14. The van der Waals surface area contributed by atoms with Gasteiger partial charge in [-0.05, 0) is 23.5 Å². The monoisotopic (exact) mass is 236 g/mol. The maximum atomic E-state index is 10.2. The first-order valence-corrected chi connectivity index (χ1v) is 6.30. The average molecular weight is 236 g/mol. The maximum Gasteiger partial charge on any atom is 0.0837 e. The minimum Gasteiger partial charge on any atom is -0.388 e. The Morgan fingerprint density at radius 3 is 2.53 bits per heavy atom. The van der Waals surface area contributed by atoms with Crippen molar-refractivity contribution < 1.29 is 9.84 Å². The zero-order valence-electron chi connectivity index (χ0n) is 11.3. The first-order valence-electron chi connectivity index (χ1n) is 6.30. The van der Waals surface area contributed by atoms with Crippen LogP contribution in [0, 0.1) is 11.8 Å². The van der Waals surface area contributed by atoms with Crippen LogP contribution in [0.15, 0.2) is 24.3 Å². The Bertz CT molecular complexity index is 333. The Morgan fingerprint density at radius 1 is 1.24 bits per heavy atom. The molecule has 0 spiro atoms. The second-order valence-electron chi connectivity index (χ2n) is 5.22. The quantitative estimate of drug-likeness (QED) is 0.822. The fourth-order valence-corrected chi connectivity index (χ4v) is 2.06. The molecule has 2 nitrogen and oxygen atoms in total. The molecule has 1 aromatic carbocycles. The van der Waals surface area contributed by atoms with Crippen molar-refractivity contribution in [1.29, 1.82) is 0 Å². The summed E-state index contributed by atoms with van der Waals surface area (Å²) in [5, 5.41) is 10.2. The minimum absolute atomic E-state index is 0.120. The van der Waals surface area contributed by atoms with E-state index in [-0.39, 0.29) is 5.92 Å². The summed E-state index contributed by atoms with van der Waals surface area (Å²) in [6.07, 6.45) is 0.612. The Balaban J connectivity index is 2.76. The third-order valence-corrected chi connectivity index (χ3v) is 2.91. The Kier molecular flexibility index (Phi) is 5.66. The van der Waals surface area contributed by atoms with Gasteiger partial charge in [0, 0.05) is 13.0 Å². The third kappa shape index (κ3) is 4.49. The number of aliphatic hydroxyl groups is 1. The lowest BCUT2D eigenvalue weighted by molar-refractivity contribution is 0.0566. The van der Waals surface area contributed by atoms with Crippen molar-refractivity contribution in [3.05, 3.63) is 35.4 Å². The van der Waals surface area contributed by atoms with Crippen LogP contribution in [0.5, 0.6) is 0 Å². The summed E-state index contributed by atoms with van der Waals surface area (Å²) in [6.45, 7) is 6.99. The number of hydrogen-bond donors (Lipinski definition) is 1. The van der Waals surface area contributed by atoms with Crippen LogP contribution >= 0.6 is 0 Å². The molecule has 0 fully saturated rings. The van der Waals surface area contributed by atoms with Gasteiger partial charge in [0.05, 0.1) is 12.7 Å². The van der Waals surface area contributed by atoms with Gasteiger partial charge >= 0.3 is 0 Å². The standard InChI is InChI=1S/C15H24O2/c1-11(2)8-13-6-5-7-14(9-13)15(16)12(3)10-17-4/h5-7,9,11-12,15-16H,8,10H2,1-4H3. The van der Waals surface area contributed by atoms with Gasteiger partial charge in [0.1, 0.15) is 0 Å². The summed E-state index contributed by atoms with van der Waals surface area (Å²) in [5.74, 6) is 0.757. The van der Waals surface area contributed by atoms with Gasteiger partial charge in [-0.2, -0.15) is 0 Å². The number of methoxy groups -OCH3 is 1. The fourth-order valence-electron chi connectivity index (χ4n) is 2.06. The number of aliphatic hydroxyl groups excluding tert-OH is 1. The van der Waals surface area contributed by atoms with E-state index in [0.717, 1.165) is 12.0 Å². The van der Waals surface area contributed by atoms with E-state index < -0.39 is 6.10 Å². The number of benzene rings is 1. The lowest BCUT2D eigenvalue weighted by Gasteiger charge is -2.19. The van der Waals surface area contributed by atoms with Crippen molar-refractivity contribution in [3.8, 4) is 0 Å². The fraction of sp³-hybridized carbons (Fsp3) is 0.600. The summed E-state index contributed by atoms with van der Waals surface area (Å²) in [7, 11) is 1.67.